The second kappa shape index (κ2) is 42.2. The Bertz CT molecular complexity index is 883. The van der Waals surface area contributed by atoms with Crippen LogP contribution in [0.3, 0.4) is 0 Å². The minimum absolute atomic E-state index is 0.0941. The molecule has 57 heavy (non-hydrogen) atoms. The summed E-state index contributed by atoms with van der Waals surface area (Å²) in [5, 5.41) is 0. The van der Waals surface area contributed by atoms with E-state index in [4.69, 9.17) is 18.5 Å². The molecule has 0 radical (unpaired) electrons. The molecule has 0 rings (SSSR count). The van der Waals surface area contributed by atoms with E-state index in [2.05, 4.69) is 13.8 Å². The van der Waals surface area contributed by atoms with Crippen molar-refractivity contribution in [2.24, 2.45) is 0 Å². The van der Waals surface area contributed by atoms with Gasteiger partial charge in [0.2, 0.25) is 0 Å². The first kappa shape index (κ1) is 56.5. The van der Waals surface area contributed by atoms with Gasteiger partial charge in [-0.3, -0.25) is 13.8 Å². The molecule has 0 aliphatic rings. The molecule has 0 aliphatic carbocycles. The van der Waals surface area contributed by atoms with Crippen LogP contribution in [0.5, 0.6) is 0 Å². The molecule has 0 aliphatic heterocycles. The molecule has 0 saturated heterocycles. The molecular formula is C48H99NO7P+. The van der Waals surface area contributed by atoms with E-state index in [0.717, 1.165) is 32.1 Å². The first-order valence-electron chi connectivity index (χ1n) is 24.8. The lowest BCUT2D eigenvalue weighted by Gasteiger charge is -2.24. The SMILES string of the molecule is CCCCCCCCCCCCCCCCCCCCCCCC(=O)O[C@H](COCCCCCCCCCCCCCCCC)COP(=O)(O)OCC[N+](C)(C)C. The van der Waals surface area contributed by atoms with E-state index in [1.165, 1.54) is 193 Å². The Labute approximate surface area is 355 Å². The summed E-state index contributed by atoms with van der Waals surface area (Å²) >= 11 is 0. The number of rotatable bonds is 47. The van der Waals surface area contributed by atoms with Gasteiger partial charge in [0.05, 0.1) is 34.4 Å². The van der Waals surface area contributed by atoms with E-state index in [1.54, 1.807) is 0 Å². The van der Waals surface area contributed by atoms with E-state index in [1.807, 2.05) is 21.1 Å². The number of carbonyl (C=O) groups excluding carboxylic acids is 1. The van der Waals surface area contributed by atoms with Crippen LogP contribution in [-0.4, -0.2) is 75.6 Å². The summed E-state index contributed by atoms with van der Waals surface area (Å²) in [7, 11) is 1.69. The minimum Gasteiger partial charge on any atom is -0.457 e. The van der Waals surface area contributed by atoms with E-state index in [0.29, 0.717) is 24.1 Å². The Morgan fingerprint density at radius 1 is 0.474 bits per heavy atom. The molecule has 1 N–H and O–H groups in total. The standard InChI is InChI=1S/C48H98NO7P/c1-6-8-10-12-14-16-18-20-22-23-24-25-26-27-28-29-31-33-35-37-39-41-48(50)56-47(46-55-57(51,52)54-44-42-49(3,4)5)45-53-43-40-38-36-34-32-30-21-19-17-15-13-11-9-7-2/h47H,6-46H2,1-5H3/p+1/t47-/m1/s1. The third-order valence-electron chi connectivity index (χ3n) is 11.2. The highest BCUT2D eigenvalue weighted by Crippen LogP contribution is 2.43. The lowest BCUT2D eigenvalue weighted by molar-refractivity contribution is -0.870. The number of phosphoric acid groups is 1. The Hall–Kier alpha value is -0.500. The maximum absolute atomic E-state index is 12.7. The average molecular weight is 833 g/mol. The van der Waals surface area contributed by atoms with Gasteiger partial charge in [-0.1, -0.05) is 226 Å². The van der Waals surface area contributed by atoms with E-state index in [-0.39, 0.29) is 25.8 Å². The Morgan fingerprint density at radius 2 is 0.807 bits per heavy atom. The highest BCUT2D eigenvalue weighted by atomic mass is 31.2. The fourth-order valence-corrected chi connectivity index (χ4v) is 8.06. The number of carbonyl (C=O) groups is 1. The first-order chi connectivity index (χ1) is 27.6. The van der Waals surface area contributed by atoms with Crippen molar-refractivity contribution in [1.82, 2.24) is 0 Å². The number of likely N-dealkylation sites (N-methyl/N-ethyl adjacent to an activating group) is 1. The molecule has 9 heteroatoms. The fraction of sp³-hybridized carbons (Fsp3) is 0.979. The summed E-state index contributed by atoms with van der Waals surface area (Å²) in [6, 6.07) is 0. The highest BCUT2D eigenvalue weighted by molar-refractivity contribution is 7.47. The minimum atomic E-state index is -4.27. The number of esters is 1. The van der Waals surface area contributed by atoms with Gasteiger partial charge < -0.3 is 18.9 Å². The summed E-state index contributed by atoms with van der Waals surface area (Å²) in [4.78, 5) is 23.0. The summed E-state index contributed by atoms with van der Waals surface area (Å²) in [5.74, 6) is -0.305. The monoisotopic (exact) mass is 833 g/mol. The van der Waals surface area contributed by atoms with Gasteiger partial charge in [-0.25, -0.2) is 4.57 Å². The van der Waals surface area contributed by atoms with E-state index >= 15 is 0 Å². The predicted molar refractivity (Wildman–Crippen MR) is 243 cm³/mol. The lowest BCUT2D eigenvalue weighted by Crippen LogP contribution is -2.37. The number of nitrogens with zero attached hydrogens (tertiary/aromatic N) is 1. The number of hydrogen-bond acceptors (Lipinski definition) is 6. The lowest BCUT2D eigenvalue weighted by atomic mass is 10.0. The summed E-state index contributed by atoms with van der Waals surface area (Å²) in [5.41, 5.74) is 0. The van der Waals surface area contributed by atoms with Gasteiger partial charge in [-0.15, -0.1) is 0 Å². The summed E-state index contributed by atoms with van der Waals surface area (Å²) in [6.07, 6.45) is 45.7. The zero-order chi connectivity index (χ0) is 42.0. The van der Waals surface area contributed by atoms with Crippen LogP contribution in [0.2, 0.25) is 0 Å². The van der Waals surface area contributed by atoms with E-state index < -0.39 is 13.9 Å². The van der Waals surface area contributed by atoms with Crippen molar-refractivity contribution in [2.45, 2.75) is 251 Å². The Kier molecular flexibility index (Phi) is 41.8. The molecular weight excluding hydrogens is 734 g/mol. The van der Waals surface area contributed by atoms with Gasteiger partial charge in [0.1, 0.15) is 19.3 Å². The number of hydrogen-bond donors (Lipinski definition) is 1. The van der Waals surface area contributed by atoms with Crippen molar-refractivity contribution in [1.29, 1.82) is 0 Å². The number of ether oxygens (including phenoxy) is 2. The van der Waals surface area contributed by atoms with Crippen molar-refractivity contribution in [3.8, 4) is 0 Å². The predicted octanol–water partition coefficient (Wildman–Crippen LogP) is 14.8. The molecule has 2 atom stereocenters. The smallest absolute Gasteiger partial charge is 0.457 e. The molecule has 0 spiro atoms. The van der Waals surface area contributed by atoms with Crippen molar-refractivity contribution < 1.29 is 37.3 Å². The molecule has 342 valence electrons. The van der Waals surface area contributed by atoms with E-state index in [9.17, 15) is 14.3 Å². The largest absolute Gasteiger partial charge is 0.472 e. The van der Waals surface area contributed by atoms with Crippen LogP contribution < -0.4 is 0 Å². The van der Waals surface area contributed by atoms with Crippen molar-refractivity contribution >= 4 is 13.8 Å². The number of phosphoric ester groups is 1. The molecule has 0 aromatic carbocycles. The number of unbranched alkanes of at least 4 members (excludes halogenated alkanes) is 33. The van der Waals surface area contributed by atoms with Gasteiger partial charge in [-0.05, 0) is 12.8 Å². The van der Waals surface area contributed by atoms with Crippen LogP contribution in [-0.2, 0) is 27.9 Å². The summed E-state index contributed by atoms with van der Waals surface area (Å²) < 4.78 is 35.1. The quantitative estimate of drug-likeness (QED) is 0.0283. The average Bonchev–Trinajstić information content (AvgIpc) is 3.16. The summed E-state index contributed by atoms with van der Waals surface area (Å²) in [6.45, 7) is 5.70. The Morgan fingerprint density at radius 3 is 1.16 bits per heavy atom. The molecule has 0 amide bonds. The van der Waals surface area contributed by atoms with Gasteiger partial charge in [0.15, 0.2) is 0 Å². The van der Waals surface area contributed by atoms with Crippen molar-refractivity contribution in [3.63, 3.8) is 0 Å². The second-order valence-electron chi connectivity index (χ2n) is 18.2. The van der Waals surface area contributed by atoms with Crippen LogP contribution in [0, 0.1) is 0 Å². The fourth-order valence-electron chi connectivity index (χ4n) is 7.32. The van der Waals surface area contributed by atoms with Crippen molar-refractivity contribution in [2.75, 3.05) is 54.1 Å². The molecule has 0 heterocycles. The van der Waals surface area contributed by atoms with Crippen LogP contribution in [0.1, 0.15) is 245 Å². The molecule has 0 aromatic heterocycles. The highest BCUT2D eigenvalue weighted by Gasteiger charge is 2.26. The van der Waals surface area contributed by atoms with Crippen LogP contribution in [0.25, 0.3) is 0 Å². The topological polar surface area (TPSA) is 91.3 Å². The normalized spacial score (nSPS) is 13.6. The number of quaternary nitrogens is 1. The molecule has 0 fully saturated rings. The molecule has 0 saturated carbocycles. The molecule has 0 bridgehead atoms. The third-order valence-corrected chi connectivity index (χ3v) is 12.2. The third kappa shape index (κ3) is 46.4. The van der Waals surface area contributed by atoms with Crippen LogP contribution in [0.4, 0.5) is 0 Å². The zero-order valence-corrected chi connectivity index (χ0v) is 39.8. The first-order valence-corrected chi connectivity index (χ1v) is 26.3. The second-order valence-corrected chi connectivity index (χ2v) is 19.7. The molecule has 0 aromatic rings. The van der Waals surface area contributed by atoms with Gasteiger partial charge >= 0.3 is 13.8 Å². The zero-order valence-electron chi connectivity index (χ0n) is 38.9. The van der Waals surface area contributed by atoms with Crippen LogP contribution >= 0.6 is 7.82 Å². The van der Waals surface area contributed by atoms with Crippen LogP contribution in [0.15, 0.2) is 0 Å². The van der Waals surface area contributed by atoms with Crippen molar-refractivity contribution in [3.05, 3.63) is 0 Å². The Balaban J connectivity index is 4.08. The van der Waals surface area contributed by atoms with Gasteiger partial charge in [-0.2, -0.15) is 0 Å². The maximum Gasteiger partial charge on any atom is 0.472 e. The van der Waals surface area contributed by atoms with Gasteiger partial charge in [0.25, 0.3) is 0 Å². The molecule has 8 nitrogen and oxygen atoms in total. The molecule has 1 unspecified atom stereocenters. The van der Waals surface area contributed by atoms with Gasteiger partial charge in [0, 0.05) is 13.0 Å². The maximum atomic E-state index is 12.7.